The van der Waals surface area contributed by atoms with Gasteiger partial charge in [0.15, 0.2) is 5.78 Å². The summed E-state index contributed by atoms with van der Waals surface area (Å²) in [5.74, 6) is 0.0201. The van der Waals surface area contributed by atoms with Gasteiger partial charge in [-0.1, -0.05) is 49.0 Å². The van der Waals surface area contributed by atoms with Crippen LogP contribution in [0.15, 0.2) is 61.2 Å². The van der Waals surface area contributed by atoms with Crippen LogP contribution < -0.4 is 0 Å². The second-order valence-corrected chi connectivity index (χ2v) is 6.41. The van der Waals surface area contributed by atoms with Crippen LogP contribution in [0.4, 0.5) is 0 Å². The number of likely N-dealkylation sites (N-methyl/N-ethyl adjacent to an activating group) is 1. The maximum atomic E-state index is 12.7. The highest BCUT2D eigenvalue weighted by molar-refractivity contribution is 6.02. The van der Waals surface area contributed by atoms with E-state index in [0.29, 0.717) is 11.3 Å². The standard InChI is InChI=1S/C21H18N2O2/c1-13(15-8-10-16(11-9-15)14(2)24)20-22(3)21(25)19-12-17-6-4-5-7-18(17)23(19)20/h4-12,20H,1H2,2-3H3. The number of rotatable bonds is 3. The van der Waals surface area contributed by atoms with Gasteiger partial charge in [0, 0.05) is 18.0 Å². The van der Waals surface area contributed by atoms with Gasteiger partial charge >= 0.3 is 0 Å². The van der Waals surface area contributed by atoms with E-state index in [2.05, 4.69) is 6.58 Å². The lowest BCUT2D eigenvalue weighted by atomic mass is 10.0. The zero-order valence-corrected chi connectivity index (χ0v) is 14.2. The van der Waals surface area contributed by atoms with Gasteiger partial charge in [0.2, 0.25) is 0 Å². The number of carbonyl (C=O) groups is 2. The molecule has 0 radical (unpaired) electrons. The fourth-order valence-corrected chi connectivity index (χ4v) is 3.53. The Bertz CT molecular complexity index is 1030. The number of hydrogen-bond donors (Lipinski definition) is 0. The molecule has 0 bridgehead atoms. The minimum absolute atomic E-state index is 0.0114. The molecule has 0 N–H and O–H groups in total. The molecule has 2 heterocycles. The van der Waals surface area contributed by atoms with E-state index in [9.17, 15) is 9.59 Å². The summed E-state index contributed by atoms with van der Waals surface area (Å²) in [4.78, 5) is 25.9. The lowest BCUT2D eigenvalue weighted by Crippen LogP contribution is -2.25. The number of nitrogens with zero attached hydrogens (tertiary/aromatic N) is 2. The normalized spacial score (nSPS) is 16.3. The number of amides is 1. The van der Waals surface area contributed by atoms with Crippen molar-refractivity contribution in [2.24, 2.45) is 0 Å². The largest absolute Gasteiger partial charge is 0.316 e. The van der Waals surface area contributed by atoms with E-state index in [0.717, 1.165) is 22.0 Å². The molecule has 1 aliphatic heterocycles. The second-order valence-electron chi connectivity index (χ2n) is 6.41. The lowest BCUT2D eigenvalue weighted by Gasteiger charge is -2.25. The SMILES string of the molecule is C=C(c1ccc(C(C)=O)cc1)C1N(C)C(=O)c2cc3ccccc3n21. The topological polar surface area (TPSA) is 42.3 Å². The fraction of sp³-hybridized carbons (Fsp3) is 0.143. The molecule has 4 heteroatoms. The van der Waals surface area contributed by atoms with Gasteiger partial charge in [-0.2, -0.15) is 0 Å². The van der Waals surface area contributed by atoms with E-state index in [1.807, 2.05) is 47.0 Å². The monoisotopic (exact) mass is 330 g/mol. The molecule has 1 unspecified atom stereocenters. The van der Waals surface area contributed by atoms with Gasteiger partial charge in [-0.25, -0.2) is 0 Å². The van der Waals surface area contributed by atoms with E-state index in [1.165, 1.54) is 0 Å². The molecule has 1 aliphatic rings. The molecule has 1 amide bonds. The van der Waals surface area contributed by atoms with Crippen molar-refractivity contribution in [2.45, 2.75) is 13.1 Å². The zero-order valence-electron chi connectivity index (χ0n) is 14.2. The summed E-state index contributed by atoms with van der Waals surface area (Å²) >= 11 is 0. The Balaban J connectivity index is 1.81. The molecule has 3 aromatic rings. The molecule has 25 heavy (non-hydrogen) atoms. The number of ketones is 1. The molecule has 0 aliphatic carbocycles. The van der Waals surface area contributed by atoms with E-state index in [1.54, 1.807) is 31.0 Å². The first-order valence-corrected chi connectivity index (χ1v) is 8.16. The molecule has 124 valence electrons. The number of Topliss-reactive ketones (excluding diaryl/α,β-unsaturated/α-hetero) is 1. The Morgan fingerprint density at radius 3 is 2.36 bits per heavy atom. The number of benzene rings is 2. The Kier molecular flexibility index (Phi) is 3.35. The first-order valence-electron chi connectivity index (χ1n) is 8.16. The van der Waals surface area contributed by atoms with Crippen molar-refractivity contribution in [2.75, 3.05) is 7.05 Å². The third-order valence-electron chi connectivity index (χ3n) is 4.87. The van der Waals surface area contributed by atoms with Crippen molar-refractivity contribution >= 4 is 28.2 Å². The van der Waals surface area contributed by atoms with Gasteiger partial charge in [0.05, 0.1) is 5.52 Å². The molecule has 2 aromatic carbocycles. The Hall–Kier alpha value is -3.14. The van der Waals surface area contributed by atoms with E-state index < -0.39 is 0 Å². The minimum Gasteiger partial charge on any atom is -0.316 e. The van der Waals surface area contributed by atoms with E-state index in [4.69, 9.17) is 0 Å². The molecule has 0 spiro atoms. The molecule has 0 fully saturated rings. The van der Waals surface area contributed by atoms with Crippen LogP contribution in [0.3, 0.4) is 0 Å². The Morgan fingerprint density at radius 2 is 1.68 bits per heavy atom. The van der Waals surface area contributed by atoms with Crippen molar-refractivity contribution in [3.05, 3.63) is 78.0 Å². The average Bonchev–Trinajstić information content (AvgIpc) is 3.11. The third kappa shape index (κ3) is 2.22. The molecular weight excluding hydrogens is 312 g/mol. The summed E-state index contributed by atoms with van der Waals surface area (Å²) in [7, 11) is 1.80. The molecule has 0 saturated heterocycles. The first-order chi connectivity index (χ1) is 12.0. The van der Waals surface area contributed by atoms with Crippen LogP contribution in [0.5, 0.6) is 0 Å². The molecule has 1 atom stereocenters. The van der Waals surface area contributed by atoms with Crippen LogP contribution in [-0.4, -0.2) is 28.2 Å². The molecule has 1 aromatic heterocycles. The second kappa shape index (κ2) is 5.45. The van der Waals surface area contributed by atoms with Crippen molar-refractivity contribution in [1.29, 1.82) is 0 Å². The quantitative estimate of drug-likeness (QED) is 0.677. The van der Waals surface area contributed by atoms with Crippen molar-refractivity contribution in [1.82, 2.24) is 9.47 Å². The van der Waals surface area contributed by atoms with Crippen molar-refractivity contribution in [3.63, 3.8) is 0 Å². The number of hydrogen-bond acceptors (Lipinski definition) is 2. The Labute approximate surface area is 146 Å². The van der Waals surface area contributed by atoms with Crippen LogP contribution in [0, 0.1) is 0 Å². The smallest absolute Gasteiger partial charge is 0.272 e. The van der Waals surface area contributed by atoms with Gasteiger partial charge in [-0.15, -0.1) is 0 Å². The summed E-state index contributed by atoms with van der Waals surface area (Å²) in [6.07, 6.45) is -0.273. The fourth-order valence-electron chi connectivity index (χ4n) is 3.53. The summed E-state index contributed by atoms with van der Waals surface area (Å²) in [6, 6.07) is 17.3. The van der Waals surface area contributed by atoms with Gasteiger partial charge < -0.3 is 9.47 Å². The summed E-state index contributed by atoms with van der Waals surface area (Å²) in [6.45, 7) is 5.80. The molecule has 4 nitrogen and oxygen atoms in total. The van der Waals surface area contributed by atoms with Gasteiger partial charge in [-0.05, 0) is 30.2 Å². The third-order valence-corrected chi connectivity index (χ3v) is 4.87. The average molecular weight is 330 g/mol. The van der Waals surface area contributed by atoms with Crippen molar-refractivity contribution < 1.29 is 9.59 Å². The predicted molar refractivity (Wildman–Crippen MR) is 98.5 cm³/mol. The first kappa shape index (κ1) is 15.4. The number of para-hydroxylation sites is 1. The number of aromatic nitrogens is 1. The maximum absolute atomic E-state index is 12.7. The summed E-state index contributed by atoms with van der Waals surface area (Å²) in [5, 5.41) is 1.05. The maximum Gasteiger partial charge on any atom is 0.272 e. The number of carbonyl (C=O) groups excluding carboxylic acids is 2. The summed E-state index contributed by atoms with van der Waals surface area (Å²) in [5.41, 5.74) is 4.10. The van der Waals surface area contributed by atoms with Crippen LogP contribution in [-0.2, 0) is 0 Å². The lowest BCUT2D eigenvalue weighted by molar-refractivity contribution is 0.0792. The predicted octanol–water partition coefficient (Wildman–Crippen LogP) is 4.14. The molecule has 0 saturated carbocycles. The zero-order chi connectivity index (χ0) is 17.7. The Morgan fingerprint density at radius 1 is 1.04 bits per heavy atom. The van der Waals surface area contributed by atoms with Crippen molar-refractivity contribution in [3.8, 4) is 0 Å². The molecule has 4 rings (SSSR count). The highest BCUT2D eigenvalue weighted by atomic mass is 16.2. The molecular formula is C21H18N2O2. The number of fused-ring (bicyclic) bond motifs is 3. The van der Waals surface area contributed by atoms with Gasteiger partial charge in [0.25, 0.3) is 5.91 Å². The van der Waals surface area contributed by atoms with Crippen LogP contribution in [0.1, 0.15) is 39.5 Å². The van der Waals surface area contributed by atoms with Gasteiger partial charge in [-0.3, -0.25) is 9.59 Å². The minimum atomic E-state index is -0.273. The van der Waals surface area contributed by atoms with E-state index >= 15 is 0 Å². The van der Waals surface area contributed by atoms with E-state index in [-0.39, 0.29) is 17.9 Å². The summed E-state index contributed by atoms with van der Waals surface area (Å²) < 4.78 is 2.04. The highest BCUT2D eigenvalue weighted by Crippen LogP contribution is 2.39. The highest BCUT2D eigenvalue weighted by Gasteiger charge is 2.37. The van der Waals surface area contributed by atoms with Crippen LogP contribution >= 0.6 is 0 Å². The van der Waals surface area contributed by atoms with Gasteiger partial charge in [0.1, 0.15) is 11.9 Å². The van der Waals surface area contributed by atoms with Crippen LogP contribution in [0.25, 0.3) is 16.5 Å². The van der Waals surface area contributed by atoms with Crippen LogP contribution in [0.2, 0.25) is 0 Å².